The van der Waals surface area contributed by atoms with Crippen molar-refractivity contribution in [2.24, 2.45) is 5.73 Å². The van der Waals surface area contributed by atoms with Crippen molar-refractivity contribution in [2.75, 3.05) is 6.54 Å². The first kappa shape index (κ1) is 16.9. The zero-order valence-corrected chi connectivity index (χ0v) is 11.7. The summed E-state index contributed by atoms with van der Waals surface area (Å²) < 4.78 is 0. The highest BCUT2D eigenvalue weighted by Gasteiger charge is 2.29. The fourth-order valence-corrected chi connectivity index (χ4v) is 1.97. The number of rotatable bonds is 7. The summed E-state index contributed by atoms with van der Waals surface area (Å²) in [4.78, 5) is 45.6. The molecule has 0 aromatic heterocycles. The lowest BCUT2D eigenvalue weighted by Crippen LogP contribution is -2.54. The van der Waals surface area contributed by atoms with Crippen LogP contribution in [0.1, 0.15) is 26.2 Å². The Kier molecular flexibility index (Phi) is 6.10. The number of hydrogen-bond donors (Lipinski definition) is 5. The van der Waals surface area contributed by atoms with E-state index in [1.165, 1.54) is 6.92 Å². The van der Waals surface area contributed by atoms with Gasteiger partial charge >= 0.3 is 5.97 Å². The predicted molar refractivity (Wildman–Crippen MR) is 72.0 cm³/mol. The molecule has 9 heteroatoms. The summed E-state index contributed by atoms with van der Waals surface area (Å²) in [5.74, 6) is -3.14. The van der Waals surface area contributed by atoms with Crippen LogP contribution >= 0.6 is 0 Å². The molecule has 0 radical (unpaired) electrons. The third kappa shape index (κ3) is 5.38. The lowest BCUT2D eigenvalue weighted by Gasteiger charge is -2.20. The number of carboxylic acids is 1. The highest BCUT2D eigenvalue weighted by molar-refractivity contribution is 5.94. The van der Waals surface area contributed by atoms with E-state index < -0.39 is 48.2 Å². The molecule has 1 rings (SSSR count). The Morgan fingerprint density at radius 3 is 2.48 bits per heavy atom. The van der Waals surface area contributed by atoms with Crippen LogP contribution < -0.4 is 21.7 Å². The van der Waals surface area contributed by atoms with E-state index in [9.17, 15) is 19.2 Å². The molecule has 6 N–H and O–H groups in total. The highest BCUT2D eigenvalue weighted by atomic mass is 16.4. The molecule has 1 unspecified atom stereocenters. The Balaban J connectivity index is 2.65. The molecule has 0 bridgehead atoms. The van der Waals surface area contributed by atoms with Gasteiger partial charge in [-0.2, -0.15) is 0 Å². The minimum atomic E-state index is -1.22. The number of nitrogens with one attached hydrogen (secondary N) is 3. The van der Waals surface area contributed by atoms with Gasteiger partial charge in [0.15, 0.2) is 0 Å². The molecule has 118 valence electrons. The molecule has 3 amide bonds. The van der Waals surface area contributed by atoms with Gasteiger partial charge in [0, 0.05) is 0 Å². The first-order valence-electron chi connectivity index (χ1n) is 6.66. The number of carbonyl (C=O) groups is 4. The van der Waals surface area contributed by atoms with Gasteiger partial charge in [0.05, 0.1) is 12.5 Å². The Labute approximate surface area is 121 Å². The minimum Gasteiger partial charge on any atom is -0.480 e. The summed E-state index contributed by atoms with van der Waals surface area (Å²) in [6, 6.07) is -2.72. The molecule has 21 heavy (non-hydrogen) atoms. The fraction of sp³-hybridized carbons (Fsp3) is 0.667. The van der Waals surface area contributed by atoms with Gasteiger partial charge in [-0.05, 0) is 26.3 Å². The van der Waals surface area contributed by atoms with Gasteiger partial charge in [0.1, 0.15) is 12.1 Å². The Morgan fingerprint density at radius 2 is 2.00 bits per heavy atom. The smallest absolute Gasteiger partial charge is 0.325 e. The maximum Gasteiger partial charge on any atom is 0.325 e. The largest absolute Gasteiger partial charge is 0.480 e. The highest BCUT2D eigenvalue weighted by Crippen LogP contribution is 2.05. The molecule has 0 aromatic rings. The first-order chi connectivity index (χ1) is 9.81. The molecule has 0 saturated carbocycles. The minimum absolute atomic E-state index is 0.392. The topological polar surface area (TPSA) is 151 Å². The summed E-state index contributed by atoms with van der Waals surface area (Å²) in [5, 5.41) is 16.3. The molecule has 1 fully saturated rings. The zero-order valence-electron chi connectivity index (χ0n) is 11.7. The molecule has 1 aliphatic rings. The van der Waals surface area contributed by atoms with E-state index in [0.717, 1.165) is 6.42 Å². The number of hydrogen-bond acceptors (Lipinski definition) is 5. The molecule has 9 nitrogen and oxygen atoms in total. The SMILES string of the molecule is C[C@H](NC(=O)[C@H](CC(N)=O)NC(=O)C1CCCN1)C(=O)O. The Bertz CT molecular complexity index is 433. The van der Waals surface area contributed by atoms with Gasteiger partial charge in [-0.15, -0.1) is 0 Å². The van der Waals surface area contributed by atoms with Crippen molar-refractivity contribution in [3.05, 3.63) is 0 Å². The van der Waals surface area contributed by atoms with E-state index in [1.54, 1.807) is 0 Å². The van der Waals surface area contributed by atoms with E-state index in [0.29, 0.717) is 13.0 Å². The molecule has 0 aromatic carbocycles. The van der Waals surface area contributed by atoms with Gasteiger partial charge in [0.2, 0.25) is 17.7 Å². The van der Waals surface area contributed by atoms with Crippen LogP contribution in [-0.4, -0.2) is 53.5 Å². The molecule has 1 saturated heterocycles. The lowest BCUT2D eigenvalue weighted by molar-refractivity contribution is -0.141. The average Bonchev–Trinajstić information content (AvgIpc) is 2.90. The van der Waals surface area contributed by atoms with E-state index in [2.05, 4.69) is 16.0 Å². The van der Waals surface area contributed by atoms with Gasteiger partial charge in [-0.1, -0.05) is 0 Å². The van der Waals surface area contributed by atoms with Crippen molar-refractivity contribution in [3.8, 4) is 0 Å². The maximum absolute atomic E-state index is 11.9. The molecule has 0 spiro atoms. The molecular weight excluding hydrogens is 280 g/mol. The normalized spacial score (nSPS) is 20.3. The second kappa shape index (κ2) is 7.58. The number of aliphatic carboxylic acids is 1. The van der Waals surface area contributed by atoms with Crippen molar-refractivity contribution < 1.29 is 24.3 Å². The van der Waals surface area contributed by atoms with Crippen LogP contribution in [0.3, 0.4) is 0 Å². The van der Waals surface area contributed by atoms with E-state index >= 15 is 0 Å². The second-order valence-corrected chi connectivity index (χ2v) is 4.95. The summed E-state index contributed by atoms with van der Waals surface area (Å²) in [5.41, 5.74) is 5.05. The summed E-state index contributed by atoms with van der Waals surface area (Å²) in [6.07, 6.45) is 1.10. The van der Waals surface area contributed by atoms with Crippen LogP contribution in [0, 0.1) is 0 Å². The zero-order chi connectivity index (χ0) is 16.0. The van der Waals surface area contributed by atoms with Gasteiger partial charge in [-0.3, -0.25) is 19.2 Å². The van der Waals surface area contributed by atoms with Crippen molar-refractivity contribution in [2.45, 2.75) is 44.3 Å². The second-order valence-electron chi connectivity index (χ2n) is 4.95. The van der Waals surface area contributed by atoms with Crippen LogP contribution in [0.5, 0.6) is 0 Å². The number of amides is 3. The molecule has 3 atom stereocenters. The predicted octanol–water partition coefficient (Wildman–Crippen LogP) is -2.31. The number of primary amides is 1. The molecule has 1 heterocycles. The lowest BCUT2D eigenvalue weighted by atomic mass is 10.1. The van der Waals surface area contributed by atoms with Crippen molar-refractivity contribution in [3.63, 3.8) is 0 Å². The quantitative estimate of drug-likeness (QED) is 0.356. The van der Waals surface area contributed by atoms with Crippen molar-refractivity contribution in [1.82, 2.24) is 16.0 Å². The van der Waals surface area contributed by atoms with Crippen LogP contribution in [0.2, 0.25) is 0 Å². The number of nitrogens with two attached hydrogens (primary N) is 1. The van der Waals surface area contributed by atoms with E-state index in [-0.39, 0.29) is 0 Å². The third-order valence-corrected chi connectivity index (χ3v) is 3.14. The molecule has 1 aliphatic heterocycles. The Hall–Kier alpha value is -2.16. The number of carbonyl (C=O) groups excluding carboxylic acids is 3. The maximum atomic E-state index is 11.9. The molecule has 0 aliphatic carbocycles. The van der Waals surface area contributed by atoms with Crippen molar-refractivity contribution >= 4 is 23.7 Å². The van der Waals surface area contributed by atoms with Gasteiger partial charge in [-0.25, -0.2) is 0 Å². The van der Waals surface area contributed by atoms with Crippen LogP contribution in [0.4, 0.5) is 0 Å². The summed E-state index contributed by atoms with van der Waals surface area (Å²) in [6.45, 7) is 1.99. The van der Waals surface area contributed by atoms with Crippen molar-refractivity contribution in [1.29, 1.82) is 0 Å². The van der Waals surface area contributed by atoms with Gasteiger partial charge < -0.3 is 26.8 Å². The fourth-order valence-electron chi connectivity index (χ4n) is 1.97. The standard InChI is InChI=1S/C12H20N4O5/c1-6(12(20)21)15-11(19)8(5-9(13)17)16-10(18)7-3-2-4-14-7/h6-8,14H,2-5H2,1H3,(H2,13,17)(H,15,19)(H,16,18)(H,20,21)/t6-,7?,8-/m0/s1. The third-order valence-electron chi connectivity index (χ3n) is 3.14. The van der Waals surface area contributed by atoms with Crippen LogP contribution in [0.25, 0.3) is 0 Å². The monoisotopic (exact) mass is 300 g/mol. The van der Waals surface area contributed by atoms with Crippen LogP contribution in [-0.2, 0) is 19.2 Å². The first-order valence-corrected chi connectivity index (χ1v) is 6.66. The Morgan fingerprint density at radius 1 is 1.33 bits per heavy atom. The van der Waals surface area contributed by atoms with Gasteiger partial charge in [0.25, 0.3) is 0 Å². The average molecular weight is 300 g/mol. The number of carboxylic acid groups (broad SMARTS) is 1. The van der Waals surface area contributed by atoms with Crippen LogP contribution in [0.15, 0.2) is 0 Å². The molecular formula is C12H20N4O5. The van der Waals surface area contributed by atoms with E-state index in [1.807, 2.05) is 0 Å². The summed E-state index contributed by atoms with van der Waals surface area (Å²) >= 11 is 0. The summed E-state index contributed by atoms with van der Waals surface area (Å²) in [7, 11) is 0. The van der Waals surface area contributed by atoms with E-state index in [4.69, 9.17) is 10.8 Å².